The summed E-state index contributed by atoms with van der Waals surface area (Å²) in [7, 11) is -0.457. The highest BCUT2D eigenvalue weighted by molar-refractivity contribution is 8.02. The highest BCUT2D eigenvalue weighted by Gasteiger charge is 2.21. The standard InChI is InChI=1S/C29H32N8O2S2/c1-5-12-36-28(38)23-17-30-29(33-27(23)37(36)26-10-6-9-25(32-26)34-41(3,4)39)31-20-15-19-18-35(2)13-11-21(19)22(16-20)24-8-7-14-40-24/h5-10,14-17,41H,1,11-13,18H2,2-4H3,(H,30,31,33)(H,32,34,39). The number of benzene rings is 1. The molecule has 0 fully saturated rings. The van der Waals surface area contributed by atoms with Gasteiger partial charge in [-0.15, -0.1) is 17.9 Å². The van der Waals surface area contributed by atoms with Gasteiger partial charge < -0.3 is 14.9 Å². The van der Waals surface area contributed by atoms with Crippen LogP contribution in [0.25, 0.3) is 27.3 Å². The van der Waals surface area contributed by atoms with Crippen LogP contribution in [0.1, 0.15) is 11.1 Å². The maximum absolute atomic E-state index is 13.4. The van der Waals surface area contributed by atoms with Crippen molar-refractivity contribution in [3.05, 3.63) is 88.2 Å². The first kappa shape index (κ1) is 27.1. The van der Waals surface area contributed by atoms with Crippen LogP contribution >= 0.6 is 11.3 Å². The molecular formula is C29H32N8O2S2. The number of thiol groups is 1. The predicted octanol–water partition coefficient (Wildman–Crippen LogP) is 4.23. The Hall–Kier alpha value is -4.13. The van der Waals surface area contributed by atoms with E-state index in [0.717, 1.165) is 25.2 Å². The lowest BCUT2D eigenvalue weighted by atomic mass is 9.93. The fraction of sp³-hybridized carbons (Fsp3) is 0.241. The molecule has 0 atom stereocenters. The number of aromatic nitrogens is 5. The number of hydrogen-bond donors (Lipinski definition) is 3. The Morgan fingerprint density at radius 3 is 2.78 bits per heavy atom. The van der Waals surface area contributed by atoms with Crippen molar-refractivity contribution in [3.8, 4) is 16.3 Å². The lowest BCUT2D eigenvalue weighted by molar-refractivity contribution is 0.313. The molecule has 0 bridgehead atoms. The van der Waals surface area contributed by atoms with Crippen molar-refractivity contribution in [3.63, 3.8) is 0 Å². The van der Waals surface area contributed by atoms with E-state index in [2.05, 4.69) is 68.2 Å². The van der Waals surface area contributed by atoms with Crippen LogP contribution in [-0.2, 0) is 29.6 Å². The highest BCUT2D eigenvalue weighted by atomic mass is 32.3. The van der Waals surface area contributed by atoms with Crippen LogP contribution < -0.4 is 15.6 Å². The predicted molar refractivity (Wildman–Crippen MR) is 169 cm³/mol. The molecule has 1 aliphatic heterocycles. The molecule has 0 saturated carbocycles. The average Bonchev–Trinajstić information content (AvgIpc) is 3.55. The summed E-state index contributed by atoms with van der Waals surface area (Å²) in [6.07, 6.45) is 7.46. The largest absolute Gasteiger partial charge is 0.324 e. The van der Waals surface area contributed by atoms with Crippen LogP contribution in [0.2, 0.25) is 0 Å². The Morgan fingerprint density at radius 2 is 2.02 bits per heavy atom. The summed E-state index contributed by atoms with van der Waals surface area (Å²) in [6, 6.07) is 13.9. The molecule has 0 amide bonds. The number of pyridine rings is 1. The molecule has 2 N–H and O–H groups in total. The molecule has 12 heteroatoms. The lowest BCUT2D eigenvalue weighted by Gasteiger charge is -2.27. The van der Waals surface area contributed by atoms with Gasteiger partial charge in [0.2, 0.25) is 5.95 Å². The molecule has 0 aliphatic carbocycles. The van der Waals surface area contributed by atoms with Gasteiger partial charge in [-0.1, -0.05) is 18.2 Å². The zero-order valence-corrected chi connectivity index (χ0v) is 24.9. The van der Waals surface area contributed by atoms with Crippen molar-refractivity contribution in [1.82, 2.24) is 29.2 Å². The van der Waals surface area contributed by atoms with Crippen LogP contribution in [0.4, 0.5) is 17.5 Å². The number of fused-ring (bicyclic) bond motifs is 2. The number of thiophene rings is 1. The summed E-state index contributed by atoms with van der Waals surface area (Å²) in [6.45, 7) is 5.96. The number of nitrogens with zero attached hydrogens (tertiary/aromatic N) is 6. The van der Waals surface area contributed by atoms with E-state index in [-0.39, 0.29) is 12.1 Å². The summed E-state index contributed by atoms with van der Waals surface area (Å²) < 4.78 is 18.5. The molecule has 1 aliphatic rings. The van der Waals surface area contributed by atoms with E-state index in [4.69, 9.17) is 4.98 Å². The summed E-state index contributed by atoms with van der Waals surface area (Å²) in [5, 5.41) is 5.85. The summed E-state index contributed by atoms with van der Waals surface area (Å²) in [4.78, 5) is 30.9. The van der Waals surface area contributed by atoms with Crippen LogP contribution in [0.15, 0.2) is 71.5 Å². The molecule has 6 rings (SSSR count). The van der Waals surface area contributed by atoms with Gasteiger partial charge in [-0.05, 0) is 76.0 Å². The van der Waals surface area contributed by atoms with Crippen molar-refractivity contribution in [1.29, 1.82) is 0 Å². The van der Waals surface area contributed by atoms with Gasteiger partial charge in [0, 0.05) is 42.4 Å². The Balaban J connectivity index is 1.45. The van der Waals surface area contributed by atoms with Crippen molar-refractivity contribution in [2.24, 2.45) is 0 Å². The SMILES string of the molecule is C=CCn1c(=O)c2cnc(Nc3cc4c(c(-c5cccs5)c3)CCN(C)C4)nc2n1-c1cccc(N[SH](C)(C)=O)n1. The topological polar surface area (TPSA) is 110 Å². The van der Waals surface area contributed by atoms with Gasteiger partial charge in [0.15, 0.2) is 11.5 Å². The molecule has 5 aromatic rings. The van der Waals surface area contributed by atoms with E-state index >= 15 is 0 Å². The highest BCUT2D eigenvalue weighted by Crippen LogP contribution is 2.36. The summed E-state index contributed by atoms with van der Waals surface area (Å²) in [5.41, 5.74) is 4.92. The Kier molecular flexibility index (Phi) is 7.06. The third-order valence-electron chi connectivity index (χ3n) is 6.88. The molecule has 5 heterocycles. The van der Waals surface area contributed by atoms with Crippen molar-refractivity contribution in [2.75, 3.05) is 36.1 Å². The smallest absolute Gasteiger partial charge is 0.278 e. The molecular weight excluding hydrogens is 557 g/mol. The summed E-state index contributed by atoms with van der Waals surface area (Å²) in [5.74, 6) is 1.27. The molecule has 0 saturated heterocycles. The Morgan fingerprint density at radius 1 is 1.17 bits per heavy atom. The number of likely N-dealkylation sites (N-methyl/N-ethyl adjacent to an activating group) is 1. The molecule has 212 valence electrons. The van der Waals surface area contributed by atoms with Crippen molar-refractivity contribution >= 4 is 49.9 Å². The first-order valence-electron chi connectivity index (χ1n) is 13.3. The van der Waals surface area contributed by atoms with Crippen LogP contribution in [0.5, 0.6) is 0 Å². The molecule has 4 aromatic heterocycles. The Bertz CT molecular complexity index is 1870. The Labute approximate surface area is 242 Å². The fourth-order valence-corrected chi connectivity index (χ4v) is 6.63. The van der Waals surface area contributed by atoms with E-state index in [1.54, 1.807) is 59.0 Å². The minimum absolute atomic E-state index is 0.250. The van der Waals surface area contributed by atoms with Gasteiger partial charge in [-0.25, -0.2) is 19.3 Å². The first-order chi connectivity index (χ1) is 19.7. The van der Waals surface area contributed by atoms with Gasteiger partial charge in [0.05, 0.1) is 6.54 Å². The number of anilines is 3. The second-order valence-corrected chi connectivity index (χ2v) is 14.4. The van der Waals surface area contributed by atoms with E-state index in [1.165, 1.54) is 26.2 Å². The van der Waals surface area contributed by atoms with E-state index in [0.29, 0.717) is 28.6 Å². The van der Waals surface area contributed by atoms with Crippen LogP contribution in [-0.4, -0.2) is 59.5 Å². The van der Waals surface area contributed by atoms with Gasteiger partial charge in [0.1, 0.15) is 11.2 Å². The average molecular weight is 589 g/mol. The molecule has 41 heavy (non-hydrogen) atoms. The molecule has 0 spiro atoms. The second kappa shape index (κ2) is 10.7. The number of nitrogens with one attached hydrogen (secondary N) is 2. The van der Waals surface area contributed by atoms with Gasteiger partial charge in [0.25, 0.3) is 5.56 Å². The minimum atomic E-state index is -2.59. The normalized spacial score (nSPS) is 14.1. The zero-order chi connectivity index (χ0) is 28.7. The van der Waals surface area contributed by atoms with Gasteiger partial charge in [-0.2, -0.15) is 4.98 Å². The van der Waals surface area contributed by atoms with Crippen LogP contribution in [0, 0.1) is 0 Å². The number of hydrogen-bond acceptors (Lipinski definition) is 8. The second-order valence-electron chi connectivity index (χ2n) is 10.5. The molecule has 0 radical (unpaired) electrons. The zero-order valence-electron chi connectivity index (χ0n) is 23.2. The van der Waals surface area contributed by atoms with E-state index in [1.807, 2.05) is 0 Å². The number of allylic oxidation sites excluding steroid dienone is 1. The van der Waals surface area contributed by atoms with Crippen LogP contribution in [0.3, 0.4) is 0 Å². The third kappa shape index (κ3) is 5.45. The first-order valence-corrected chi connectivity index (χ1v) is 16.7. The van der Waals surface area contributed by atoms with E-state index in [9.17, 15) is 9.00 Å². The van der Waals surface area contributed by atoms with E-state index < -0.39 is 10.1 Å². The fourth-order valence-electron chi connectivity index (χ4n) is 5.18. The quantitative estimate of drug-likeness (QED) is 0.184. The van der Waals surface area contributed by atoms with Crippen molar-refractivity contribution in [2.45, 2.75) is 19.5 Å². The number of rotatable bonds is 8. The molecule has 10 nitrogen and oxygen atoms in total. The minimum Gasteiger partial charge on any atom is -0.324 e. The molecule has 1 aromatic carbocycles. The summed E-state index contributed by atoms with van der Waals surface area (Å²) >= 11 is 1.73. The van der Waals surface area contributed by atoms with Crippen molar-refractivity contribution < 1.29 is 4.21 Å². The maximum atomic E-state index is 13.4. The monoisotopic (exact) mass is 588 g/mol. The molecule has 0 unspecified atom stereocenters. The lowest BCUT2D eigenvalue weighted by Crippen LogP contribution is -2.27. The van der Waals surface area contributed by atoms with Gasteiger partial charge in [-0.3, -0.25) is 9.00 Å². The van der Waals surface area contributed by atoms with Gasteiger partial charge >= 0.3 is 0 Å². The maximum Gasteiger partial charge on any atom is 0.278 e. The third-order valence-corrected chi connectivity index (χ3v) is 8.55.